The molecule has 6 heteroatoms. The number of nitrogens with zero attached hydrogens (tertiary/aromatic N) is 2. The first-order chi connectivity index (χ1) is 7.57. The molecule has 0 aliphatic carbocycles. The van der Waals surface area contributed by atoms with Crippen LogP contribution in [0.2, 0.25) is 0 Å². The summed E-state index contributed by atoms with van der Waals surface area (Å²) in [4.78, 5) is 11.7. The molecule has 1 aromatic carbocycles. The molecule has 0 bridgehead atoms. The highest BCUT2D eigenvalue weighted by Gasteiger charge is 2.20. The van der Waals surface area contributed by atoms with Crippen molar-refractivity contribution in [2.45, 2.75) is 0 Å². The first-order valence-corrected chi connectivity index (χ1v) is 4.86. The molecule has 0 aliphatic heterocycles. The molecule has 0 saturated heterocycles. The topological polar surface area (TPSA) is 58.4 Å². The van der Waals surface area contributed by atoms with Gasteiger partial charge in [0.05, 0.1) is 4.92 Å². The summed E-state index contributed by atoms with van der Waals surface area (Å²) < 4.78 is 13.5. The van der Waals surface area contributed by atoms with Gasteiger partial charge in [-0.15, -0.1) is 0 Å². The lowest BCUT2D eigenvalue weighted by molar-refractivity contribution is -0.384. The molecule has 0 spiro atoms. The van der Waals surface area contributed by atoms with E-state index in [9.17, 15) is 14.5 Å². The van der Waals surface area contributed by atoms with E-state index in [1.54, 1.807) is 14.1 Å². The van der Waals surface area contributed by atoms with Crippen molar-refractivity contribution in [3.8, 4) is 0 Å². The maximum Gasteiger partial charge on any atom is 0.295 e. The van der Waals surface area contributed by atoms with Crippen molar-refractivity contribution in [2.75, 3.05) is 32.1 Å². The van der Waals surface area contributed by atoms with Crippen LogP contribution in [0.15, 0.2) is 18.2 Å². The quantitative estimate of drug-likeness (QED) is 0.610. The second-order valence-corrected chi connectivity index (χ2v) is 3.39. The lowest BCUT2D eigenvalue weighted by Crippen LogP contribution is -2.28. The summed E-state index contributed by atoms with van der Waals surface area (Å²) in [5.41, 5.74) is -0.179. The lowest BCUT2D eigenvalue weighted by Gasteiger charge is -2.19. The number of nitrogens with one attached hydrogen (secondary N) is 1. The number of para-hydroxylation sites is 1. The zero-order valence-electron chi connectivity index (χ0n) is 9.24. The predicted molar refractivity (Wildman–Crippen MR) is 60.3 cm³/mol. The van der Waals surface area contributed by atoms with Crippen molar-refractivity contribution in [2.24, 2.45) is 0 Å². The zero-order chi connectivity index (χ0) is 12.1. The van der Waals surface area contributed by atoms with Crippen LogP contribution >= 0.6 is 0 Å². The van der Waals surface area contributed by atoms with Crippen LogP contribution in [0.25, 0.3) is 0 Å². The van der Waals surface area contributed by atoms with Crippen molar-refractivity contribution in [1.82, 2.24) is 5.32 Å². The van der Waals surface area contributed by atoms with Gasteiger partial charge < -0.3 is 10.2 Å². The molecule has 88 valence electrons. The van der Waals surface area contributed by atoms with Gasteiger partial charge in [0, 0.05) is 26.2 Å². The van der Waals surface area contributed by atoms with Gasteiger partial charge in [-0.3, -0.25) is 10.1 Å². The van der Waals surface area contributed by atoms with Crippen LogP contribution in [0.5, 0.6) is 0 Å². The number of benzene rings is 1. The summed E-state index contributed by atoms with van der Waals surface area (Å²) in [5.74, 6) is -0.576. The Balaban J connectivity index is 3.04. The van der Waals surface area contributed by atoms with E-state index in [2.05, 4.69) is 5.32 Å². The molecule has 0 aromatic heterocycles. The number of likely N-dealkylation sites (N-methyl/N-ethyl adjacent to an activating group) is 2. The largest absolute Gasteiger partial charge is 0.365 e. The van der Waals surface area contributed by atoms with Crippen LogP contribution in [0, 0.1) is 15.9 Å². The van der Waals surface area contributed by atoms with Gasteiger partial charge in [-0.2, -0.15) is 0 Å². The average Bonchev–Trinajstić information content (AvgIpc) is 2.25. The Hall–Kier alpha value is -1.69. The SMILES string of the molecule is CNCCN(C)c1c(F)cccc1[N+](=O)[O-]. The summed E-state index contributed by atoms with van der Waals surface area (Å²) >= 11 is 0. The molecule has 0 atom stereocenters. The molecule has 1 rings (SSSR count). The van der Waals surface area contributed by atoms with Crippen molar-refractivity contribution >= 4 is 11.4 Å². The van der Waals surface area contributed by atoms with Gasteiger partial charge in [0.15, 0.2) is 11.5 Å². The third-order valence-corrected chi connectivity index (χ3v) is 2.24. The van der Waals surface area contributed by atoms with E-state index in [-0.39, 0.29) is 11.4 Å². The van der Waals surface area contributed by atoms with Crippen LogP contribution in [0.4, 0.5) is 15.8 Å². The fourth-order valence-corrected chi connectivity index (χ4v) is 1.42. The van der Waals surface area contributed by atoms with Crippen LogP contribution < -0.4 is 10.2 Å². The highest BCUT2D eigenvalue weighted by molar-refractivity contribution is 5.63. The van der Waals surface area contributed by atoms with Crippen LogP contribution in [0.3, 0.4) is 0 Å². The molecule has 0 unspecified atom stereocenters. The van der Waals surface area contributed by atoms with Gasteiger partial charge in [-0.05, 0) is 13.1 Å². The first-order valence-electron chi connectivity index (χ1n) is 4.86. The molecule has 0 aliphatic rings. The Bertz CT molecular complexity index is 384. The summed E-state index contributed by atoms with van der Waals surface area (Å²) in [7, 11) is 3.40. The van der Waals surface area contributed by atoms with E-state index in [1.807, 2.05) is 0 Å². The van der Waals surface area contributed by atoms with Crippen LogP contribution in [-0.2, 0) is 0 Å². The Kier molecular flexibility index (Phi) is 4.19. The first kappa shape index (κ1) is 12.4. The fourth-order valence-electron chi connectivity index (χ4n) is 1.42. The Labute approximate surface area is 93.0 Å². The molecule has 0 fully saturated rings. The van der Waals surface area contributed by atoms with Gasteiger partial charge in [0.2, 0.25) is 0 Å². The van der Waals surface area contributed by atoms with Gasteiger partial charge in [-0.25, -0.2) is 4.39 Å². The second-order valence-electron chi connectivity index (χ2n) is 3.39. The lowest BCUT2D eigenvalue weighted by atomic mass is 10.2. The summed E-state index contributed by atoms with van der Waals surface area (Å²) in [6.45, 7) is 1.13. The number of rotatable bonds is 5. The van der Waals surface area contributed by atoms with Crippen molar-refractivity contribution < 1.29 is 9.31 Å². The normalized spacial score (nSPS) is 10.2. The van der Waals surface area contributed by atoms with E-state index in [0.29, 0.717) is 13.1 Å². The third kappa shape index (κ3) is 2.66. The predicted octanol–water partition coefficient (Wildman–Crippen LogP) is 1.39. The highest BCUT2D eigenvalue weighted by atomic mass is 19.1. The molecule has 0 saturated carbocycles. The average molecular weight is 227 g/mol. The minimum absolute atomic E-state index is 0.0303. The molecule has 0 heterocycles. The monoisotopic (exact) mass is 227 g/mol. The Morgan fingerprint density at radius 1 is 1.56 bits per heavy atom. The third-order valence-electron chi connectivity index (χ3n) is 2.24. The molecule has 16 heavy (non-hydrogen) atoms. The zero-order valence-corrected chi connectivity index (χ0v) is 9.24. The number of nitro groups is 1. The summed E-state index contributed by atoms with van der Waals surface area (Å²) in [5, 5.41) is 13.7. The number of anilines is 1. The smallest absolute Gasteiger partial charge is 0.295 e. The van der Waals surface area contributed by atoms with Gasteiger partial charge in [0.1, 0.15) is 0 Å². The van der Waals surface area contributed by atoms with E-state index >= 15 is 0 Å². The van der Waals surface area contributed by atoms with E-state index in [4.69, 9.17) is 0 Å². The molecule has 5 nitrogen and oxygen atoms in total. The minimum atomic E-state index is -0.576. The molecule has 1 N–H and O–H groups in total. The standard InChI is InChI=1S/C10H14FN3O2/c1-12-6-7-13(2)10-8(11)4-3-5-9(10)14(15)16/h3-5,12H,6-7H2,1-2H3. The number of halogens is 1. The molecule has 0 radical (unpaired) electrons. The Morgan fingerprint density at radius 2 is 2.25 bits per heavy atom. The molecule has 0 amide bonds. The molecule has 1 aromatic rings. The van der Waals surface area contributed by atoms with Crippen LogP contribution in [-0.4, -0.2) is 32.1 Å². The number of nitro benzene ring substituents is 1. The Morgan fingerprint density at radius 3 is 2.81 bits per heavy atom. The van der Waals surface area contributed by atoms with E-state index in [1.165, 1.54) is 23.1 Å². The van der Waals surface area contributed by atoms with Gasteiger partial charge in [0.25, 0.3) is 5.69 Å². The van der Waals surface area contributed by atoms with Crippen molar-refractivity contribution in [3.63, 3.8) is 0 Å². The van der Waals surface area contributed by atoms with E-state index in [0.717, 1.165) is 0 Å². The second kappa shape index (κ2) is 5.41. The minimum Gasteiger partial charge on any atom is -0.365 e. The highest BCUT2D eigenvalue weighted by Crippen LogP contribution is 2.29. The summed E-state index contributed by atoms with van der Waals surface area (Å²) in [6.07, 6.45) is 0. The maximum absolute atomic E-state index is 13.5. The van der Waals surface area contributed by atoms with Crippen LogP contribution in [0.1, 0.15) is 0 Å². The van der Waals surface area contributed by atoms with E-state index < -0.39 is 10.7 Å². The number of hydrogen-bond donors (Lipinski definition) is 1. The van der Waals surface area contributed by atoms with Crippen molar-refractivity contribution in [1.29, 1.82) is 0 Å². The molecular weight excluding hydrogens is 213 g/mol. The summed E-state index contributed by atoms with van der Waals surface area (Å²) in [6, 6.07) is 3.86. The number of hydrogen-bond acceptors (Lipinski definition) is 4. The van der Waals surface area contributed by atoms with Gasteiger partial charge >= 0.3 is 0 Å². The van der Waals surface area contributed by atoms with Gasteiger partial charge in [-0.1, -0.05) is 6.07 Å². The maximum atomic E-state index is 13.5. The fraction of sp³-hybridized carbons (Fsp3) is 0.400. The molecular formula is C10H14FN3O2. The van der Waals surface area contributed by atoms with Crippen molar-refractivity contribution in [3.05, 3.63) is 34.1 Å².